The first-order chi connectivity index (χ1) is 8.98. The number of hydrogen-bond donors (Lipinski definition) is 1. The first-order valence-electron chi connectivity index (χ1n) is 5.90. The Morgan fingerprint density at radius 3 is 2.53 bits per heavy atom. The Bertz CT molecular complexity index is 520. The largest absolute Gasteiger partial charge is 0.416 e. The molecule has 0 aliphatic rings. The predicted molar refractivity (Wildman–Crippen MR) is 71.0 cm³/mol. The van der Waals surface area contributed by atoms with Gasteiger partial charge in [0.2, 0.25) is 0 Å². The minimum Gasteiger partial charge on any atom is -0.305 e. The van der Waals surface area contributed by atoms with E-state index in [9.17, 15) is 13.2 Å². The molecular weight excluding hydrogens is 271 g/mol. The van der Waals surface area contributed by atoms with E-state index in [4.69, 9.17) is 0 Å². The quantitative estimate of drug-likeness (QED) is 0.864. The molecule has 0 spiro atoms. The van der Waals surface area contributed by atoms with Gasteiger partial charge in [-0.2, -0.15) is 13.2 Å². The predicted octanol–water partition coefficient (Wildman–Crippen LogP) is 4.62. The lowest BCUT2D eigenvalue weighted by atomic mass is 10.0. The van der Waals surface area contributed by atoms with Gasteiger partial charge < -0.3 is 5.32 Å². The van der Waals surface area contributed by atoms with Crippen LogP contribution in [-0.2, 0) is 12.7 Å². The highest BCUT2D eigenvalue weighted by atomic mass is 32.1. The molecule has 1 aromatic heterocycles. The van der Waals surface area contributed by atoms with Crippen LogP contribution in [0.2, 0.25) is 0 Å². The zero-order valence-corrected chi connectivity index (χ0v) is 11.2. The van der Waals surface area contributed by atoms with Gasteiger partial charge in [0.15, 0.2) is 0 Å². The van der Waals surface area contributed by atoms with Crippen LogP contribution in [0.5, 0.6) is 0 Å². The summed E-state index contributed by atoms with van der Waals surface area (Å²) in [5, 5.41) is 5.07. The van der Waals surface area contributed by atoms with Gasteiger partial charge in [-0.25, -0.2) is 0 Å². The highest BCUT2D eigenvalue weighted by Gasteiger charge is 2.33. The lowest BCUT2D eigenvalue weighted by molar-refractivity contribution is -0.138. The van der Waals surface area contributed by atoms with Gasteiger partial charge in [-0.3, -0.25) is 0 Å². The summed E-state index contributed by atoms with van der Waals surface area (Å²) in [7, 11) is 0. The average molecular weight is 285 g/mol. The van der Waals surface area contributed by atoms with Gasteiger partial charge in [-0.1, -0.05) is 24.3 Å². The zero-order chi connectivity index (χ0) is 13.9. The monoisotopic (exact) mass is 285 g/mol. The van der Waals surface area contributed by atoms with Crippen LogP contribution in [0.1, 0.15) is 29.0 Å². The number of rotatable bonds is 4. The molecule has 1 nitrogen and oxygen atoms in total. The molecule has 0 amide bonds. The first-order valence-corrected chi connectivity index (χ1v) is 6.78. The summed E-state index contributed by atoms with van der Waals surface area (Å²) in [6, 6.07) is 9.23. The van der Waals surface area contributed by atoms with Crippen molar-refractivity contribution in [1.29, 1.82) is 0 Å². The summed E-state index contributed by atoms with van der Waals surface area (Å²) in [5.74, 6) is 0. The van der Waals surface area contributed by atoms with Gasteiger partial charge in [0.25, 0.3) is 0 Å². The van der Waals surface area contributed by atoms with Gasteiger partial charge in [0, 0.05) is 17.5 Å². The van der Waals surface area contributed by atoms with Crippen LogP contribution in [0.25, 0.3) is 0 Å². The van der Waals surface area contributed by atoms with Crippen LogP contribution in [0.15, 0.2) is 41.8 Å². The van der Waals surface area contributed by atoms with E-state index in [1.54, 1.807) is 24.3 Å². The van der Waals surface area contributed by atoms with E-state index in [2.05, 4.69) is 5.32 Å². The molecule has 1 atom stereocenters. The third kappa shape index (κ3) is 3.58. The number of hydrogen-bond acceptors (Lipinski definition) is 2. The molecule has 2 aromatic rings. The molecule has 19 heavy (non-hydrogen) atoms. The van der Waals surface area contributed by atoms with Gasteiger partial charge in [0.05, 0.1) is 5.56 Å². The first kappa shape index (κ1) is 14.1. The number of thiophene rings is 1. The van der Waals surface area contributed by atoms with Crippen molar-refractivity contribution >= 4 is 11.3 Å². The smallest absolute Gasteiger partial charge is 0.305 e. The van der Waals surface area contributed by atoms with Crippen molar-refractivity contribution in [2.24, 2.45) is 0 Å². The maximum absolute atomic E-state index is 12.9. The van der Waals surface area contributed by atoms with E-state index in [-0.39, 0.29) is 11.6 Å². The Balaban J connectivity index is 2.12. The van der Waals surface area contributed by atoms with Crippen LogP contribution in [0, 0.1) is 0 Å². The van der Waals surface area contributed by atoms with E-state index >= 15 is 0 Å². The third-order valence-electron chi connectivity index (χ3n) is 2.90. The molecule has 102 valence electrons. The highest BCUT2D eigenvalue weighted by molar-refractivity contribution is 7.09. The van der Waals surface area contributed by atoms with E-state index < -0.39 is 11.7 Å². The molecule has 0 aliphatic carbocycles. The molecule has 2 rings (SSSR count). The fourth-order valence-electron chi connectivity index (χ4n) is 1.91. The summed E-state index contributed by atoms with van der Waals surface area (Å²) >= 11 is 1.59. The van der Waals surface area contributed by atoms with Crippen molar-refractivity contribution in [3.8, 4) is 0 Å². The fourth-order valence-corrected chi connectivity index (χ4v) is 2.57. The van der Waals surface area contributed by atoms with E-state index in [0.717, 1.165) is 10.9 Å². The Morgan fingerprint density at radius 1 is 1.16 bits per heavy atom. The Kier molecular flexibility index (Phi) is 4.27. The van der Waals surface area contributed by atoms with Crippen LogP contribution in [0.4, 0.5) is 13.2 Å². The van der Waals surface area contributed by atoms with Gasteiger partial charge in [-0.05, 0) is 30.0 Å². The Labute approximate surface area is 114 Å². The summed E-state index contributed by atoms with van der Waals surface area (Å²) in [4.78, 5) is 1.11. The molecule has 0 fully saturated rings. The molecule has 0 radical (unpaired) electrons. The standard InChI is InChI=1S/C14H14F3NS/c1-10(18-9-11-5-4-8-19-11)12-6-2-3-7-13(12)14(15,16)17/h2-8,10,18H,9H2,1H3. The molecular formula is C14H14F3NS. The molecule has 1 unspecified atom stereocenters. The second-order valence-electron chi connectivity index (χ2n) is 4.27. The number of halogens is 3. The molecule has 1 N–H and O–H groups in total. The van der Waals surface area contributed by atoms with Gasteiger partial charge >= 0.3 is 6.18 Å². The molecule has 0 saturated carbocycles. The summed E-state index contributed by atoms with van der Waals surface area (Å²) in [6.45, 7) is 2.32. The van der Waals surface area contributed by atoms with Gasteiger partial charge in [0.1, 0.15) is 0 Å². The lowest BCUT2D eigenvalue weighted by Gasteiger charge is -2.19. The SMILES string of the molecule is CC(NCc1cccs1)c1ccccc1C(F)(F)F. The number of benzene rings is 1. The molecule has 0 saturated heterocycles. The minimum absolute atomic E-state index is 0.284. The van der Waals surface area contributed by atoms with Crippen LogP contribution in [0.3, 0.4) is 0 Å². The molecule has 1 heterocycles. The summed E-state index contributed by atoms with van der Waals surface area (Å²) in [5.41, 5.74) is -0.285. The average Bonchev–Trinajstić information content (AvgIpc) is 2.88. The maximum Gasteiger partial charge on any atom is 0.416 e. The van der Waals surface area contributed by atoms with Crippen molar-refractivity contribution in [3.05, 3.63) is 57.8 Å². The van der Waals surface area contributed by atoms with E-state index in [1.165, 1.54) is 12.1 Å². The second kappa shape index (κ2) is 5.75. The fraction of sp³-hybridized carbons (Fsp3) is 0.286. The molecule has 1 aromatic carbocycles. The Hall–Kier alpha value is -1.33. The molecule has 0 aliphatic heterocycles. The topological polar surface area (TPSA) is 12.0 Å². The van der Waals surface area contributed by atoms with Crippen molar-refractivity contribution < 1.29 is 13.2 Å². The third-order valence-corrected chi connectivity index (χ3v) is 3.77. The van der Waals surface area contributed by atoms with Crippen LogP contribution in [-0.4, -0.2) is 0 Å². The van der Waals surface area contributed by atoms with E-state index in [1.807, 2.05) is 17.5 Å². The summed E-state index contributed by atoms with van der Waals surface area (Å²) < 4.78 is 38.7. The Morgan fingerprint density at radius 2 is 1.89 bits per heavy atom. The van der Waals surface area contributed by atoms with Crippen molar-refractivity contribution in [3.63, 3.8) is 0 Å². The van der Waals surface area contributed by atoms with Crippen LogP contribution < -0.4 is 5.32 Å². The van der Waals surface area contributed by atoms with Crippen molar-refractivity contribution in [1.82, 2.24) is 5.32 Å². The number of alkyl halides is 3. The van der Waals surface area contributed by atoms with Crippen molar-refractivity contribution in [2.45, 2.75) is 25.7 Å². The zero-order valence-electron chi connectivity index (χ0n) is 10.4. The minimum atomic E-state index is -4.31. The normalized spacial score (nSPS) is 13.5. The molecule has 5 heteroatoms. The van der Waals surface area contributed by atoms with Crippen LogP contribution >= 0.6 is 11.3 Å². The summed E-state index contributed by atoms with van der Waals surface area (Å²) in [6.07, 6.45) is -4.31. The lowest BCUT2D eigenvalue weighted by Crippen LogP contribution is -2.21. The van der Waals surface area contributed by atoms with Gasteiger partial charge in [-0.15, -0.1) is 11.3 Å². The van der Waals surface area contributed by atoms with E-state index in [0.29, 0.717) is 6.54 Å². The second-order valence-corrected chi connectivity index (χ2v) is 5.30. The maximum atomic E-state index is 12.9. The highest BCUT2D eigenvalue weighted by Crippen LogP contribution is 2.34. The number of nitrogens with one attached hydrogen (secondary N) is 1. The molecule has 0 bridgehead atoms. The van der Waals surface area contributed by atoms with Crippen molar-refractivity contribution in [2.75, 3.05) is 0 Å².